The Hall–Kier alpha value is -1.39. The molecule has 1 aromatic rings. The van der Waals surface area contributed by atoms with Gasteiger partial charge in [0.15, 0.2) is 5.78 Å². The van der Waals surface area contributed by atoms with Gasteiger partial charge in [0, 0.05) is 19.6 Å². The number of rotatable bonds is 5. The number of aryl methyl sites for hydroxylation is 1. The lowest BCUT2D eigenvalue weighted by molar-refractivity contribution is 0.0322. The van der Waals surface area contributed by atoms with Gasteiger partial charge < -0.3 is 9.47 Å². The smallest absolute Gasteiger partial charge is 0.163 e. The molecule has 0 amide bonds. The quantitative estimate of drug-likeness (QED) is 0.761. The Bertz CT molecular complexity index is 439. The number of carbonyl (C=O) groups is 1. The Labute approximate surface area is 114 Å². The average Bonchev–Trinajstić information content (AvgIpc) is 2.41. The molecule has 0 aromatic heterocycles. The van der Waals surface area contributed by atoms with Crippen LogP contribution in [0.4, 0.5) is 0 Å². The number of para-hydroxylation sites is 1. The largest absolute Gasteiger partial charge is 0.491 e. The molecular formula is C15H21NO3. The van der Waals surface area contributed by atoms with E-state index in [1.165, 1.54) is 0 Å². The van der Waals surface area contributed by atoms with Crippen molar-refractivity contribution in [3.05, 3.63) is 29.3 Å². The van der Waals surface area contributed by atoms with Crippen LogP contribution < -0.4 is 4.74 Å². The van der Waals surface area contributed by atoms with Crippen LogP contribution in [0.25, 0.3) is 0 Å². The van der Waals surface area contributed by atoms with Crippen molar-refractivity contribution in [2.75, 3.05) is 39.5 Å². The Morgan fingerprint density at radius 2 is 2.11 bits per heavy atom. The second-order valence-corrected chi connectivity index (χ2v) is 4.81. The van der Waals surface area contributed by atoms with E-state index in [2.05, 4.69) is 4.90 Å². The topological polar surface area (TPSA) is 38.8 Å². The predicted octanol–water partition coefficient (Wildman–Crippen LogP) is 1.91. The summed E-state index contributed by atoms with van der Waals surface area (Å²) in [6, 6.07) is 5.68. The van der Waals surface area contributed by atoms with Crippen LogP contribution in [0.2, 0.25) is 0 Å². The highest BCUT2D eigenvalue weighted by molar-refractivity contribution is 5.97. The zero-order valence-electron chi connectivity index (χ0n) is 11.6. The number of nitrogens with zero attached hydrogens (tertiary/aromatic N) is 1. The molecule has 0 bridgehead atoms. The van der Waals surface area contributed by atoms with Gasteiger partial charge >= 0.3 is 0 Å². The lowest BCUT2D eigenvalue weighted by Crippen LogP contribution is -2.38. The SMILES string of the molecule is CC(=O)c1cccc(C)c1OCCN1CCOCC1. The zero-order chi connectivity index (χ0) is 13.7. The molecule has 1 aliphatic heterocycles. The Balaban J connectivity index is 1.93. The van der Waals surface area contributed by atoms with Crippen molar-refractivity contribution in [3.63, 3.8) is 0 Å². The number of morpholine rings is 1. The maximum absolute atomic E-state index is 11.6. The molecule has 1 heterocycles. The Morgan fingerprint density at radius 3 is 2.79 bits per heavy atom. The highest BCUT2D eigenvalue weighted by Gasteiger charge is 2.13. The lowest BCUT2D eigenvalue weighted by atomic mass is 10.1. The van der Waals surface area contributed by atoms with E-state index < -0.39 is 0 Å². The van der Waals surface area contributed by atoms with E-state index in [1.807, 2.05) is 25.1 Å². The maximum Gasteiger partial charge on any atom is 0.163 e. The van der Waals surface area contributed by atoms with Crippen LogP contribution in [-0.4, -0.2) is 50.1 Å². The van der Waals surface area contributed by atoms with Gasteiger partial charge in [-0.15, -0.1) is 0 Å². The predicted molar refractivity (Wildman–Crippen MR) is 73.9 cm³/mol. The van der Waals surface area contributed by atoms with Crippen LogP contribution in [-0.2, 0) is 4.74 Å². The van der Waals surface area contributed by atoms with E-state index in [4.69, 9.17) is 9.47 Å². The fourth-order valence-corrected chi connectivity index (χ4v) is 2.22. The van der Waals surface area contributed by atoms with Crippen molar-refractivity contribution in [2.45, 2.75) is 13.8 Å². The van der Waals surface area contributed by atoms with Crippen molar-refractivity contribution < 1.29 is 14.3 Å². The molecule has 1 aliphatic rings. The standard InChI is InChI=1S/C15H21NO3/c1-12-4-3-5-14(13(2)17)15(12)19-11-8-16-6-9-18-10-7-16/h3-5H,6-11H2,1-2H3. The summed E-state index contributed by atoms with van der Waals surface area (Å²) in [5.41, 5.74) is 1.68. The van der Waals surface area contributed by atoms with Crippen LogP contribution in [0.15, 0.2) is 18.2 Å². The first kappa shape index (κ1) is 14.0. The van der Waals surface area contributed by atoms with E-state index in [1.54, 1.807) is 6.92 Å². The van der Waals surface area contributed by atoms with E-state index >= 15 is 0 Å². The van der Waals surface area contributed by atoms with Crippen LogP contribution in [0.5, 0.6) is 5.75 Å². The van der Waals surface area contributed by atoms with Gasteiger partial charge in [0.25, 0.3) is 0 Å². The zero-order valence-corrected chi connectivity index (χ0v) is 11.6. The molecule has 0 spiro atoms. The summed E-state index contributed by atoms with van der Waals surface area (Å²) in [6.45, 7) is 8.51. The second-order valence-electron chi connectivity index (χ2n) is 4.81. The monoisotopic (exact) mass is 263 g/mol. The second kappa shape index (κ2) is 6.68. The molecule has 0 saturated carbocycles. The lowest BCUT2D eigenvalue weighted by Gasteiger charge is -2.26. The minimum absolute atomic E-state index is 0.0464. The first-order chi connectivity index (χ1) is 9.18. The van der Waals surface area contributed by atoms with Crippen molar-refractivity contribution in [2.24, 2.45) is 0 Å². The summed E-state index contributed by atoms with van der Waals surface area (Å²) in [6.07, 6.45) is 0. The van der Waals surface area contributed by atoms with Gasteiger partial charge in [-0.05, 0) is 25.5 Å². The van der Waals surface area contributed by atoms with Gasteiger partial charge in [-0.2, -0.15) is 0 Å². The van der Waals surface area contributed by atoms with Crippen molar-refractivity contribution in [1.82, 2.24) is 4.90 Å². The van der Waals surface area contributed by atoms with E-state index in [0.717, 1.165) is 44.2 Å². The van der Waals surface area contributed by atoms with E-state index in [9.17, 15) is 4.79 Å². The Kier molecular flexibility index (Phi) is 4.93. The molecular weight excluding hydrogens is 242 g/mol. The molecule has 4 heteroatoms. The molecule has 0 radical (unpaired) electrons. The maximum atomic E-state index is 11.6. The normalized spacial score (nSPS) is 16.3. The molecule has 0 aliphatic carbocycles. The minimum atomic E-state index is 0.0464. The first-order valence-electron chi connectivity index (χ1n) is 6.72. The molecule has 1 fully saturated rings. The average molecular weight is 263 g/mol. The van der Waals surface area contributed by atoms with Crippen molar-refractivity contribution >= 4 is 5.78 Å². The third-order valence-electron chi connectivity index (χ3n) is 3.35. The molecule has 19 heavy (non-hydrogen) atoms. The van der Waals surface area contributed by atoms with Gasteiger partial charge in [-0.25, -0.2) is 0 Å². The molecule has 0 N–H and O–H groups in total. The summed E-state index contributed by atoms with van der Waals surface area (Å²) in [4.78, 5) is 13.9. The third-order valence-corrected chi connectivity index (χ3v) is 3.35. The number of benzene rings is 1. The highest BCUT2D eigenvalue weighted by Crippen LogP contribution is 2.23. The summed E-state index contributed by atoms with van der Waals surface area (Å²) < 4.78 is 11.1. The van der Waals surface area contributed by atoms with Gasteiger partial charge in [0.2, 0.25) is 0 Å². The van der Waals surface area contributed by atoms with E-state index in [-0.39, 0.29) is 5.78 Å². The number of Topliss-reactive ketones (excluding diaryl/α,β-unsaturated/α-hetero) is 1. The fourth-order valence-electron chi connectivity index (χ4n) is 2.22. The number of ether oxygens (including phenoxy) is 2. The van der Waals surface area contributed by atoms with Crippen molar-refractivity contribution in [1.29, 1.82) is 0 Å². The van der Waals surface area contributed by atoms with Crippen LogP contribution in [0, 0.1) is 6.92 Å². The van der Waals surface area contributed by atoms with Gasteiger partial charge in [0.1, 0.15) is 12.4 Å². The molecule has 1 aromatic carbocycles. The summed E-state index contributed by atoms with van der Waals surface area (Å²) in [5, 5.41) is 0. The summed E-state index contributed by atoms with van der Waals surface area (Å²) in [5.74, 6) is 0.772. The number of hydrogen-bond donors (Lipinski definition) is 0. The number of ketones is 1. The van der Waals surface area contributed by atoms with Crippen LogP contribution in [0.3, 0.4) is 0 Å². The van der Waals surface area contributed by atoms with Gasteiger partial charge in [-0.3, -0.25) is 9.69 Å². The summed E-state index contributed by atoms with van der Waals surface area (Å²) in [7, 11) is 0. The molecule has 2 rings (SSSR count). The molecule has 104 valence electrons. The van der Waals surface area contributed by atoms with E-state index in [0.29, 0.717) is 12.2 Å². The highest BCUT2D eigenvalue weighted by atomic mass is 16.5. The van der Waals surface area contributed by atoms with Crippen molar-refractivity contribution in [3.8, 4) is 5.75 Å². The van der Waals surface area contributed by atoms with Crippen LogP contribution in [0.1, 0.15) is 22.8 Å². The molecule has 1 saturated heterocycles. The number of hydrogen-bond acceptors (Lipinski definition) is 4. The fraction of sp³-hybridized carbons (Fsp3) is 0.533. The minimum Gasteiger partial charge on any atom is -0.491 e. The molecule has 0 atom stereocenters. The van der Waals surface area contributed by atoms with Gasteiger partial charge in [-0.1, -0.05) is 12.1 Å². The third kappa shape index (κ3) is 3.78. The first-order valence-corrected chi connectivity index (χ1v) is 6.72. The molecule has 4 nitrogen and oxygen atoms in total. The van der Waals surface area contributed by atoms with Gasteiger partial charge in [0.05, 0.1) is 18.8 Å². The number of carbonyl (C=O) groups excluding carboxylic acids is 1. The molecule has 0 unspecified atom stereocenters. The Morgan fingerprint density at radius 1 is 1.37 bits per heavy atom. The summed E-state index contributed by atoms with van der Waals surface area (Å²) >= 11 is 0. The van der Waals surface area contributed by atoms with Crippen LogP contribution >= 0.6 is 0 Å².